The van der Waals surface area contributed by atoms with Crippen LogP contribution in [0.5, 0.6) is 0 Å². The summed E-state index contributed by atoms with van der Waals surface area (Å²) in [7, 11) is -3.59. The van der Waals surface area contributed by atoms with E-state index in [1.165, 1.54) is 29.5 Å². The molecule has 0 saturated heterocycles. The average molecular weight is 382 g/mol. The van der Waals surface area contributed by atoms with Gasteiger partial charge in [-0.25, -0.2) is 13.1 Å². The molecule has 4 nitrogen and oxygen atoms in total. The van der Waals surface area contributed by atoms with Gasteiger partial charge in [-0.05, 0) is 46.3 Å². The second-order valence-electron chi connectivity index (χ2n) is 3.71. The van der Waals surface area contributed by atoms with Gasteiger partial charge >= 0.3 is 0 Å². The Kier molecular flexibility index (Phi) is 4.52. The van der Waals surface area contributed by atoms with Crippen LogP contribution < -0.4 is 10.5 Å². The van der Waals surface area contributed by atoms with Gasteiger partial charge in [-0.15, -0.1) is 11.3 Å². The van der Waals surface area contributed by atoms with Crippen molar-refractivity contribution in [3.05, 3.63) is 44.0 Å². The molecule has 102 valence electrons. The fourth-order valence-corrected chi connectivity index (χ4v) is 4.06. The van der Waals surface area contributed by atoms with Gasteiger partial charge in [-0.2, -0.15) is 0 Å². The van der Waals surface area contributed by atoms with Gasteiger partial charge in [0.1, 0.15) is 0 Å². The molecule has 0 aliphatic heterocycles. The monoisotopic (exact) mass is 380 g/mol. The Morgan fingerprint density at radius 2 is 2.05 bits per heavy atom. The second-order valence-corrected chi connectivity index (χ2v) is 8.44. The van der Waals surface area contributed by atoms with Gasteiger partial charge in [0.2, 0.25) is 10.0 Å². The number of hydrogen-bond donors (Lipinski definition) is 2. The quantitative estimate of drug-likeness (QED) is 0.799. The van der Waals surface area contributed by atoms with E-state index >= 15 is 0 Å². The zero-order chi connectivity index (χ0) is 14.0. The molecule has 0 atom stereocenters. The third-order valence-corrected chi connectivity index (χ3v) is 5.71. The van der Waals surface area contributed by atoms with Crippen LogP contribution >= 0.6 is 38.9 Å². The third-order valence-electron chi connectivity index (χ3n) is 2.34. The molecule has 0 unspecified atom stereocenters. The highest BCUT2D eigenvalue weighted by molar-refractivity contribution is 9.11. The molecule has 0 aliphatic carbocycles. The first kappa shape index (κ1) is 14.8. The molecule has 0 aliphatic rings. The summed E-state index contributed by atoms with van der Waals surface area (Å²) in [5.41, 5.74) is 5.84. The van der Waals surface area contributed by atoms with E-state index in [1.807, 2.05) is 12.1 Å². The van der Waals surface area contributed by atoms with Crippen molar-refractivity contribution in [3.8, 4) is 0 Å². The Morgan fingerprint density at radius 3 is 2.63 bits per heavy atom. The van der Waals surface area contributed by atoms with Crippen molar-refractivity contribution in [2.45, 2.75) is 11.4 Å². The van der Waals surface area contributed by atoms with Crippen molar-refractivity contribution < 1.29 is 8.42 Å². The minimum absolute atomic E-state index is 0.102. The van der Waals surface area contributed by atoms with Crippen LogP contribution in [-0.2, 0) is 16.6 Å². The first-order valence-electron chi connectivity index (χ1n) is 5.17. The summed E-state index contributed by atoms with van der Waals surface area (Å²) in [6, 6.07) is 7.95. The van der Waals surface area contributed by atoms with Gasteiger partial charge < -0.3 is 5.73 Å². The lowest BCUT2D eigenvalue weighted by Crippen LogP contribution is -2.22. The smallest absolute Gasteiger partial charge is 0.240 e. The SMILES string of the molecule is Nc1cc(S(=O)(=O)NCc2ccc(Br)s2)ccc1Cl. The number of halogens is 2. The molecule has 2 rings (SSSR count). The van der Waals surface area contributed by atoms with Crippen LogP contribution in [0.4, 0.5) is 5.69 Å². The maximum absolute atomic E-state index is 12.1. The molecular weight excluding hydrogens is 372 g/mol. The Hall–Kier alpha value is -0.600. The van der Waals surface area contributed by atoms with E-state index in [9.17, 15) is 8.42 Å². The maximum atomic E-state index is 12.1. The van der Waals surface area contributed by atoms with Gasteiger partial charge in [0.05, 0.1) is 19.4 Å². The topological polar surface area (TPSA) is 72.2 Å². The van der Waals surface area contributed by atoms with Gasteiger partial charge in [-0.1, -0.05) is 11.6 Å². The number of thiophene rings is 1. The van der Waals surface area contributed by atoms with E-state index in [2.05, 4.69) is 20.7 Å². The summed E-state index contributed by atoms with van der Waals surface area (Å²) in [6.45, 7) is 0.237. The second kappa shape index (κ2) is 5.80. The number of rotatable bonds is 4. The molecule has 19 heavy (non-hydrogen) atoms. The molecule has 1 aromatic carbocycles. The van der Waals surface area contributed by atoms with Gasteiger partial charge in [0.25, 0.3) is 0 Å². The number of benzene rings is 1. The molecule has 0 bridgehead atoms. The minimum atomic E-state index is -3.59. The number of nitrogen functional groups attached to an aromatic ring is 1. The molecule has 8 heteroatoms. The van der Waals surface area contributed by atoms with E-state index in [-0.39, 0.29) is 17.1 Å². The average Bonchev–Trinajstić information content (AvgIpc) is 2.76. The standard InChI is InChI=1S/C11H10BrClN2O2S2/c12-11-4-1-7(18-11)6-15-19(16,17)8-2-3-9(13)10(14)5-8/h1-5,15H,6,14H2. The van der Waals surface area contributed by atoms with Crippen molar-refractivity contribution in [2.24, 2.45) is 0 Å². The summed E-state index contributed by atoms with van der Waals surface area (Å²) in [4.78, 5) is 1.02. The Balaban J connectivity index is 2.16. The molecule has 1 aromatic heterocycles. The molecule has 0 radical (unpaired) electrons. The number of anilines is 1. The van der Waals surface area contributed by atoms with Gasteiger partial charge in [0.15, 0.2) is 0 Å². The van der Waals surface area contributed by atoms with Gasteiger partial charge in [-0.3, -0.25) is 0 Å². The number of nitrogens with one attached hydrogen (secondary N) is 1. The molecule has 0 saturated carbocycles. The zero-order valence-corrected chi connectivity index (χ0v) is 13.5. The number of hydrogen-bond acceptors (Lipinski definition) is 4. The molecule has 1 heterocycles. The van der Waals surface area contributed by atoms with Crippen LogP contribution in [0.25, 0.3) is 0 Å². The largest absolute Gasteiger partial charge is 0.397 e. The Bertz CT molecular complexity index is 700. The summed E-state index contributed by atoms with van der Waals surface area (Å²) in [6.07, 6.45) is 0. The molecule has 2 aromatic rings. The fraction of sp³-hybridized carbons (Fsp3) is 0.0909. The first-order valence-corrected chi connectivity index (χ1v) is 8.64. The first-order chi connectivity index (χ1) is 8.88. The van der Waals surface area contributed by atoms with E-state index in [1.54, 1.807) is 0 Å². The fourth-order valence-electron chi connectivity index (χ4n) is 1.39. The normalized spacial score (nSPS) is 11.7. The van der Waals surface area contributed by atoms with Crippen molar-refractivity contribution in [1.29, 1.82) is 0 Å². The van der Waals surface area contributed by atoms with Crippen LogP contribution in [0, 0.1) is 0 Å². The molecular formula is C11H10BrClN2O2S2. The maximum Gasteiger partial charge on any atom is 0.240 e. The highest BCUT2D eigenvalue weighted by Gasteiger charge is 2.15. The van der Waals surface area contributed by atoms with E-state index in [0.29, 0.717) is 5.02 Å². The lowest BCUT2D eigenvalue weighted by molar-refractivity contribution is 0.582. The lowest BCUT2D eigenvalue weighted by Gasteiger charge is -2.07. The third kappa shape index (κ3) is 3.70. The molecule has 0 spiro atoms. The lowest BCUT2D eigenvalue weighted by atomic mass is 10.3. The predicted octanol–water partition coefficient (Wildman–Crippen LogP) is 3.22. The summed E-state index contributed by atoms with van der Waals surface area (Å²) in [5.74, 6) is 0. The van der Waals surface area contributed by atoms with Gasteiger partial charge in [0, 0.05) is 11.4 Å². The van der Waals surface area contributed by atoms with E-state index < -0.39 is 10.0 Å². The number of sulfonamides is 1. The zero-order valence-electron chi connectivity index (χ0n) is 9.56. The van der Waals surface area contributed by atoms with Crippen LogP contribution in [-0.4, -0.2) is 8.42 Å². The highest BCUT2D eigenvalue weighted by Crippen LogP contribution is 2.24. The predicted molar refractivity (Wildman–Crippen MR) is 81.9 cm³/mol. The minimum Gasteiger partial charge on any atom is -0.397 e. The molecule has 3 N–H and O–H groups in total. The van der Waals surface area contributed by atoms with Crippen LogP contribution in [0.3, 0.4) is 0 Å². The van der Waals surface area contributed by atoms with Crippen molar-refractivity contribution >= 4 is 54.6 Å². The summed E-state index contributed by atoms with van der Waals surface area (Å²) < 4.78 is 27.6. The molecule has 0 amide bonds. The van der Waals surface area contributed by atoms with Crippen molar-refractivity contribution in [2.75, 3.05) is 5.73 Å². The summed E-state index contributed by atoms with van der Waals surface area (Å²) >= 11 is 10.6. The molecule has 0 fully saturated rings. The number of nitrogens with two attached hydrogens (primary N) is 1. The van der Waals surface area contributed by atoms with Crippen LogP contribution in [0.2, 0.25) is 5.02 Å². The Morgan fingerprint density at radius 1 is 1.32 bits per heavy atom. The van der Waals surface area contributed by atoms with E-state index in [4.69, 9.17) is 17.3 Å². The van der Waals surface area contributed by atoms with Crippen LogP contribution in [0.1, 0.15) is 4.88 Å². The Labute approximate surface area is 128 Å². The van der Waals surface area contributed by atoms with Crippen molar-refractivity contribution in [3.63, 3.8) is 0 Å². The van der Waals surface area contributed by atoms with E-state index in [0.717, 1.165) is 8.66 Å². The highest BCUT2D eigenvalue weighted by atomic mass is 79.9. The van der Waals surface area contributed by atoms with Crippen LogP contribution in [0.15, 0.2) is 39.0 Å². The van der Waals surface area contributed by atoms with Crippen molar-refractivity contribution in [1.82, 2.24) is 4.72 Å². The summed E-state index contributed by atoms with van der Waals surface area (Å²) in [5, 5.41) is 0.334.